The minimum absolute atomic E-state index is 0.394. The molecule has 0 spiro atoms. The van der Waals surface area contributed by atoms with Crippen molar-refractivity contribution in [2.75, 3.05) is 13.7 Å². The van der Waals surface area contributed by atoms with Crippen molar-refractivity contribution < 1.29 is 24.8 Å². The lowest BCUT2D eigenvalue weighted by Crippen LogP contribution is -2.55. The van der Waals surface area contributed by atoms with Crippen LogP contribution >= 0.6 is 11.6 Å². The van der Waals surface area contributed by atoms with E-state index in [0.29, 0.717) is 11.4 Å². The largest absolute Gasteiger partial charge is 0.394 e. The molecule has 0 amide bonds. The molecule has 5 unspecified atom stereocenters. The summed E-state index contributed by atoms with van der Waals surface area (Å²) in [7, 11) is 1.46. The van der Waals surface area contributed by atoms with E-state index >= 15 is 0 Å². The molecular formula is C21H25ClO5. The molecule has 1 saturated heterocycles. The fourth-order valence-corrected chi connectivity index (χ4v) is 3.64. The molecule has 1 aliphatic rings. The quantitative estimate of drug-likeness (QED) is 0.728. The lowest BCUT2D eigenvalue weighted by Gasteiger charge is -2.42. The van der Waals surface area contributed by atoms with E-state index in [-0.39, 0.29) is 0 Å². The van der Waals surface area contributed by atoms with Gasteiger partial charge in [-0.15, -0.1) is 0 Å². The highest BCUT2D eigenvalue weighted by atomic mass is 35.5. The molecule has 3 N–H and O–H groups in total. The van der Waals surface area contributed by atoms with Crippen LogP contribution in [0.5, 0.6) is 0 Å². The van der Waals surface area contributed by atoms with Gasteiger partial charge in [-0.05, 0) is 36.1 Å². The Hall–Kier alpha value is -1.47. The zero-order chi connectivity index (χ0) is 19.6. The van der Waals surface area contributed by atoms with Gasteiger partial charge in [0.2, 0.25) is 0 Å². The van der Waals surface area contributed by atoms with Gasteiger partial charge >= 0.3 is 0 Å². The molecule has 0 aromatic heterocycles. The van der Waals surface area contributed by atoms with E-state index < -0.39 is 37.1 Å². The van der Waals surface area contributed by atoms with E-state index in [0.717, 1.165) is 16.7 Å². The highest BCUT2D eigenvalue weighted by Gasteiger charge is 2.45. The Morgan fingerprint density at radius 3 is 2.41 bits per heavy atom. The lowest BCUT2D eigenvalue weighted by molar-refractivity contribution is -0.238. The van der Waals surface area contributed by atoms with Gasteiger partial charge in [-0.2, -0.15) is 0 Å². The number of hydrogen-bond acceptors (Lipinski definition) is 5. The predicted molar refractivity (Wildman–Crippen MR) is 103 cm³/mol. The minimum Gasteiger partial charge on any atom is -0.394 e. The Morgan fingerprint density at radius 1 is 1.07 bits per heavy atom. The van der Waals surface area contributed by atoms with E-state index in [2.05, 4.69) is 24.3 Å². The Labute approximate surface area is 164 Å². The number of benzene rings is 2. The fourth-order valence-electron chi connectivity index (χ4n) is 3.45. The monoisotopic (exact) mass is 392 g/mol. The number of hydrogen-bond donors (Lipinski definition) is 3. The van der Waals surface area contributed by atoms with Crippen molar-refractivity contribution in [3.05, 3.63) is 69.7 Å². The first-order chi connectivity index (χ1) is 12.9. The highest BCUT2D eigenvalue weighted by molar-refractivity contribution is 6.31. The number of halogens is 1. The van der Waals surface area contributed by atoms with Gasteiger partial charge in [-0.1, -0.05) is 53.6 Å². The van der Waals surface area contributed by atoms with Gasteiger partial charge in [0, 0.05) is 12.1 Å². The summed E-state index contributed by atoms with van der Waals surface area (Å²) < 4.78 is 11.2. The molecule has 0 aliphatic carbocycles. The highest BCUT2D eigenvalue weighted by Crippen LogP contribution is 2.35. The molecule has 1 aliphatic heterocycles. The average Bonchev–Trinajstić information content (AvgIpc) is 2.67. The van der Waals surface area contributed by atoms with Crippen LogP contribution in [0.15, 0.2) is 42.5 Å². The number of aliphatic hydroxyl groups is 3. The van der Waals surface area contributed by atoms with Crippen LogP contribution in [0.3, 0.4) is 0 Å². The Morgan fingerprint density at radius 2 is 1.78 bits per heavy atom. The van der Waals surface area contributed by atoms with Crippen LogP contribution in [0.1, 0.15) is 28.4 Å². The van der Waals surface area contributed by atoms with Crippen molar-refractivity contribution in [2.45, 2.75) is 43.9 Å². The topological polar surface area (TPSA) is 79.2 Å². The number of methoxy groups -OCH3 is 1. The zero-order valence-corrected chi connectivity index (χ0v) is 16.1. The maximum absolute atomic E-state index is 10.4. The number of aryl methyl sites for hydroxylation is 1. The van der Waals surface area contributed by atoms with Crippen LogP contribution in [0.2, 0.25) is 5.02 Å². The number of aliphatic hydroxyl groups excluding tert-OH is 3. The molecule has 6 heteroatoms. The summed E-state index contributed by atoms with van der Waals surface area (Å²) in [5.41, 5.74) is 4.03. The molecule has 27 heavy (non-hydrogen) atoms. The molecule has 5 nitrogen and oxygen atoms in total. The molecule has 1 fully saturated rings. The number of rotatable bonds is 5. The van der Waals surface area contributed by atoms with Crippen molar-refractivity contribution in [1.82, 2.24) is 0 Å². The van der Waals surface area contributed by atoms with Crippen LogP contribution < -0.4 is 0 Å². The predicted octanol–water partition coefficient (Wildman–Crippen LogP) is 2.41. The van der Waals surface area contributed by atoms with Gasteiger partial charge in [-0.3, -0.25) is 0 Å². The molecule has 0 saturated carbocycles. The second-order valence-corrected chi connectivity index (χ2v) is 7.38. The maximum Gasteiger partial charge on any atom is 0.116 e. The first-order valence-electron chi connectivity index (χ1n) is 8.93. The summed E-state index contributed by atoms with van der Waals surface area (Å²) >= 11 is 6.39. The Bertz CT molecular complexity index is 764. The first-order valence-corrected chi connectivity index (χ1v) is 9.31. The third kappa shape index (κ3) is 4.35. The molecule has 146 valence electrons. The summed E-state index contributed by atoms with van der Waals surface area (Å²) in [4.78, 5) is 0. The normalized spacial score (nSPS) is 28.3. The zero-order valence-electron chi connectivity index (χ0n) is 15.4. The Balaban J connectivity index is 1.90. The summed E-state index contributed by atoms with van der Waals surface area (Å²) in [6.07, 6.45) is -3.98. The minimum atomic E-state index is -1.21. The summed E-state index contributed by atoms with van der Waals surface area (Å²) in [5, 5.41) is 30.5. The van der Waals surface area contributed by atoms with E-state index in [1.807, 2.05) is 19.1 Å². The number of ether oxygens (including phenoxy) is 2. The smallest absolute Gasteiger partial charge is 0.116 e. The Kier molecular flexibility index (Phi) is 6.52. The first kappa shape index (κ1) is 20.3. The SMILES string of the molecule is COC1C(c2ccc(Cl)c(Cc3ccc(C)cc3)c2)OC(CO)C(O)C1O. The van der Waals surface area contributed by atoms with Crippen LogP contribution in [0.25, 0.3) is 0 Å². The maximum atomic E-state index is 10.4. The van der Waals surface area contributed by atoms with Crippen molar-refractivity contribution >= 4 is 11.6 Å². The van der Waals surface area contributed by atoms with Crippen LogP contribution in [0, 0.1) is 6.92 Å². The molecule has 3 rings (SSSR count). The van der Waals surface area contributed by atoms with Crippen molar-refractivity contribution in [2.24, 2.45) is 0 Å². The standard InChI is InChI=1S/C21H25ClO5/c1-12-3-5-13(6-4-12)9-15-10-14(7-8-16(15)22)20-21(26-2)19(25)18(24)17(11-23)27-20/h3-8,10,17-21,23-25H,9,11H2,1-2H3. The molecule has 2 aromatic carbocycles. The van der Waals surface area contributed by atoms with Gasteiger partial charge in [-0.25, -0.2) is 0 Å². The summed E-state index contributed by atoms with van der Waals surface area (Å²) in [6, 6.07) is 13.8. The molecule has 5 atom stereocenters. The van der Waals surface area contributed by atoms with Gasteiger partial charge in [0.15, 0.2) is 0 Å². The molecule has 0 radical (unpaired) electrons. The van der Waals surface area contributed by atoms with E-state index in [4.69, 9.17) is 21.1 Å². The van der Waals surface area contributed by atoms with E-state index in [1.54, 1.807) is 6.07 Å². The van der Waals surface area contributed by atoms with Crippen molar-refractivity contribution in [3.8, 4) is 0 Å². The van der Waals surface area contributed by atoms with Gasteiger partial charge in [0.05, 0.1) is 6.61 Å². The molecule has 0 bridgehead atoms. The van der Waals surface area contributed by atoms with E-state index in [9.17, 15) is 15.3 Å². The van der Waals surface area contributed by atoms with Gasteiger partial charge in [0.25, 0.3) is 0 Å². The summed E-state index contributed by atoms with van der Waals surface area (Å²) in [5.74, 6) is 0. The molecule has 2 aromatic rings. The van der Waals surface area contributed by atoms with Crippen molar-refractivity contribution in [3.63, 3.8) is 0 Å². The second-order valence-electron chi connectivity index (χ2n) is 6.97. The van der Waals surface area contributed by atoms with Crippen LogP contribution in [-0.2, 0) is 15.9 Å². The fraction of sp³-hybridized carbons (Fsp3) is 0.429. The lowest BCUT2D eigenvalue weighted by atomic mass is 9.90. The molecule has 1 heterocycles. The summed E-state index contributed by atoms with van der Waals surface area (Å²) in [6.45, 7) is 1.65. The molecular weight excluding hydrogens is 368 g/mol. The van der Waals surface area contributed by atoms with Gasteiger partial charge < -0.3 is 24.8 Å². The van der Waals surface area contributed by atoms with Gasteiger partial charge in [0.1, 0.15) is 30.5 Å². The van der Waals surface area contributed by atoms with Crippen LogP contribution in [-0.4, -0.2) is 53.5 Å². The third-order valence-corrected chi connectivity index (χ3v) is 5.42. The van der Waals surface area contributed by atoms with E-state index in [1.165, 1.54) is 12.7 Å². The second kappa shape index (κ2) is 8.69. The average molecular weight is 393 g/mol. The van der Waals surface area contributed by atoms with Crippen LogP contribution in [0.4, 0.5) is 0 Å². The van der Waals surface area contributed by atoms with Crippen molar-refractivity contribution in [1.29, 1.82) is 0 Å². The third-order valence-electron chi connectivity index (χ3n) is 5.05.